The zero-order valence-corrected chi connectivity index (χ0v) is 12.3. The van der Waals surface area contributed by atoms with Gasteiger partial charge in [0, 0.05) is 18.5 Å². The zero-order valence-electron chi connectivity index (χ0n) is 11.5. The molecule has 1 unspecified atom stereocenters. The van der Waals surface area contributed by atoms with Crippen molar-refractivity contribution in [3.8, 4) is 0 Å². The number of thiophene rings is 1. The highest BCUT2D eigenvalue weighted by Crippen LogP contribution is 2.16. The van der Waals surface area contributed by atoms with Gasteiger partial charge in [-0.2, -0.15) is 11.3 Å². The third-order valence-corrected chi connectivity index (χ3v) is 3.70. The van der Waals surface area contributed by atoms with Gasteiger partial charge in [0.15, 0.2) is 0 Å². The monoisotopic (exact) mass is 268 g/mol. The number of rotatable bonds is 7. The van der Waals surface area contributed by atoms with Crippen LogP contribution >= 0.6 is 11.3 Å². The minimum Gasteiger partial charge on any atom is -0.350 e. The lowest BCUT2D eigenvalue weighted by molar-refractivity contribution is -0.122. The highest BCUT2D eigenvalue weighted by Gasteiger charge is 2.25. The number of hydrogen-bond acceptors (Lipinski definition) is 3. The quantitative estimate of drug-likeness (QED) is 0.798. The first kappa shape index (κ1) is 15.2. The summed E-state index contributed by atoms with van der Waals surface area (Å²) in [4.78, 5) is 11.9. The molecule has 0 saturated carbocycles. The molecular weight excluding hydrogens is 244 g/mol. The highest BCUT2D eigenvalue weighted by atomic mass is 32.1. The second kappa shape index (κ2) is 6.90. The summed E-state index contributed by atoms with van der Waals surface area (Å²) in [6.07, 6.45) is 2.25. The molecule has 0 aliphatic carbocycles. The Bertz CT molecular complexity index is 362. The van der Waals surface area contributed by atoms with Gasteiger partial charge in [-0.25, -0.2) is 0 Å². The predicted octanol–water partition coefficient (Wildman–Crippen LogP) is 2.56. The number of carbonyl (C=O) groups is 1. The molecule has 1 amide bonds. The first-order valence-corrected chi connectivity index (χ1v) is 7.41. The highest BCUT2D eigenvalue weighted by molar-refractivity contribution is 7.07. The van der Waals surface area contributed by atoms with Crippen LogP contribution < -0.4 is 11.1 Å². The van der Waals surface area contributed by atoms with Crippen LogP contribution in [-0.2, 0) is 11.2 Å². The average Bonchev–Trinajstić information content (AvgIpc) is 2.78. The largest absolute Gasteiger partial charge is 0.350 e. The maximum atomic E-state index is 11.9. The number of nitrogens with one attached hydrogen (secondary N) is 1. The van der Waals surface area contributed by atoms with E-state index in [9.17, 15) is 4.79 Å². The van der Waals surface area contributed by atoms with Gasteiger partial charge in [0.2, 0.25) is 5.91 Å². The molecule has 1 rings (SSSR count). The summed E-state index contributed by atoms with van der Waals surface area (Å²) < 4.78 is 0. The van der Waals surface area contributed by atoms with Gasteiger partial charge in [-0.05, 0) is 48.1 Å². The molecule has 0 fully saturated rings. The maximum absolute atomic E-state index is 11.9. The standard InChI is InChI=1S/C14H24N2OS/c1-11(2)8-14(3,10-15)16-13(17)5-4-12-6-7-18-9-12/h6-7,9,11H,4-5,8,10,15H2,1-3H3,(H,16,17). The van der Waals surface area contributed by atoms with Crippen LogP contribution in [-0.4, -0.2) is 18.0 Å². The van der Waals surface area contributed by atoms with E-state index in [0.29, 0.717) is 18.9 Å². The normalized spacial score (nSPS) is 14.5. The van der Waals surface area contributed by atoms with E-state index >= 15 is 0 Å². The molecule has 0 spiro atoms. The molecule has 0 aliphatic rings. The van der Waals surface area contributed by atoms with Gasteiger partial charge in [0.1, 0.15) is 0 Å². The van der Waals surface area contributed by atoms with Crippen LogP contribution in [0.25, 0.3) is 0 Å². The minimum atomic E-state index is -0.278. The molecule has 3 nitrogen and oxygen atoms in total. The van der Waals surface area contributed by atoms with Crippen molar-refractivity contribution in [3.63, 3.8) is 0 Å². The van der Waals surface area contributed by atoms with Crippen molar-refractivity contribution in [1.82, 2.24) is 5.32 Å². The van der Waals surface area contributed by atoms with Crippen LogP contribution in [0.5, 0.6) is 0 Å². The van der Waals surface area contributed by atoms with E-state index in [1.807, 2.05) is 12.3 Å². The Kier molecular flexibility index (Phi) is 5.82. The van der Waals surface area contributed by atoms with Crippen molar-refractivity contribution in [3.05, 3.63) is 22.4 Å². The fraction of sp³-hybridized carbons (Fsp3) is 0.643. The number of hydrogen-bond donors (Lipinski definition) is 2. The topological polar surface area (TPSA) is 55.1 Å². The first-order valence-electron chi connectivity index (χ1n) is 6.47. The number of aryl methyl sites for hydroxylation is 1. The Balaban J connectivity index is 2.42. The van der Waals surface area contributed by atoms with Crippen LogP contribution in [0.15, 0.2) is 16.8 Å². The first-order chi connectivity index (χ1) is 8.45. The van der Waals surface area contributed by atoms with Gasteiger partial charge < -0.3 is 11.1 Å². The summed E-state index contributed by atoms with van der Waals surface area (Å²) in [5, 5.41) is 7.20. The Morgan fingerprint density at radius 1 is 1.56 bits per heavy atom. The second-order valence-corrected chi connectivity index (χ2v) is 6.32. The molecule has 0 aliphatic heterocycles. The molecule has 3 N–H and O–H groups in total. The molecule has 0 radical (unpaired) electrons. The van der Waals surface area contributed by atoms with Crippen LogP contribution in [0.1, 0.15) is 39.2 Å². The molecule has 0 saturated heterocycles. The van der Waals surface area contributed by atoms with Crippen molar-refractivity contribution in [2.24, 2.45) is 11.7 Å². The van der Waals surface area contributed by atoms with E-state index in [-0.39, 0.29) is 11.4 Å². The Morgan fingerprint density at radius 3 is 2.78 bits per heavy atom. The van der Waals surface area contributed by atoms with E-state index < -0.39 is 0 Å². The lowest BCUT2D eigenvalue weighted by Crippen LogP contribution is -2.52. The van der Waals surface area contributed by atoms with Crippen LogP contribution in [0.3, 0.4) is 0 Å². The van der Waals surface area contributed by atoms with Crippen molar-refractivity contribution in [1.29, 1.82) is 0 Å². The number of amides is 1. The second-order valence-electron chi connectivity index (χ2n) is 5.54. The Labute approximate surface area is 114 Å². The lowest BCUT2D eigenvalue weighted by Gasteiger charge is -2.31. The molecule has 102 valence electrons. The van der Waals surface area contributed by atoms with Crippen molar-refractivity contribution in [2.75, 3.05) is 6.54 Å². The number of nitrogens with two attached hydrogens (primary N) is 1. The van der Waals surface area contributed by atoms with Gasteiger partial charge in [0.25, 0.3) is 0 Å². The molecule has 1 aromatic rings. The third-order valence-electron chi connectivity index (χ3n) is 2.97. The van der Waals surface area contributed by atoms with Crippen LogP contribution in [0, 0.1) is 5.92 Å². The van der Waals surface area contributed by atoms with Crippen molar-refractivity contribution >= 4 is 17.2 Å². The summed E-state index contributed by atoms with van der Waals surface area (Å²) >= 11 is 1.67. The summed E-state index contributed by atoms with van der Waals surface area (Å²) in [5.74, 6) is 0.616. The third kappa shape index (κ3) is 5.19. The number of carbonyl (C=O) groups excluding carboxylic acids is 1. The summed E-state index contributed by atoms with van der Waals surface area (Å²) in [6, 6.07) is 2.06. The van der Waals surface area contributed by atoms with E-state index in [1.54, 1.807) is 11.3 Å². The summed E-state index contributed by atoms with van der Waals surface area (Å²) in [7, 11) is 0. The summed E-state index contributed by atoms with van der Waals surface area (Å²) in [6.45, 7) is 6.79. The van der Waals surface area contributed by atoms with Gasteiger partial charge in [-0.1, -0.05) is 13.8 Å². The molecule has 1 atom stereocenters. The SMILES string of the molecule is CC(C)CC(C)(CN)NC(=O)CCc1ccsc1. The molecule has 1 heterocycles. The van der Waals surface area contributed by atoms with E-state index in [2.05, 4.69) is 30.6 Å². The van der Waals surface area contributed by atoms with Gasteiger partial charge in [-0.15, -0.1) is 0 Å². The Morgan fingerprint density at radius 2 is 2.28 bits per heavy atom. The predicted molar refractivity (Wildman–Crippen MR) is 77.7 cm³/mol. The molecule has 0 bridgehead atoms. The summed E-state index contributed by atoms with van der Waals surface area (Å²) in [5.41, 5.74) is 6.73. The van der Waals surface area contributed by atoms with E-state index in [0.717, 1.165) is 12.8 Å². The molecular formula is C14H24N2OS. The van der Waals surface area contributed by atoms with Crippen LogP contribution in [0.2, 0.25) is 0 Å². The maximum Gasteiger partial charge on any atom is 0.220 e. The van der Waals surface area contributed by atoms with Gasteiger partial charge >= 0.3 is 0 Å². The fourth-order valence-corrected chi connectivity index (χ4v) is 2.88. The van der Waals surface area contributed by atoms with E-state index in [1.165, 1.54) is 5.56 Å². The molecule has 18 heavy (non-hydrogen) atoms. The van der Waals surface area contributed by atoms with Gasteiger partial charge in [-0.3, -0.25) is 4.79 Å². The van der Waals surface area contributed by atoms with Gasteiger partial charge in [0.05, 0.1) is 0 Å². The molecule has 1 aromatic heterocycles. The lowest BCUT2D eigenvalue weighted by atomic mass is 9.90. The molecule has 0 aromatic carbocycles. The van der Waals surface area contributed by atoms with Crippen molar-refractivity contribution < 1.29 is 4.79 Å². The van der Waals surface area contributed by atoms with Crippen LogP contribution in [0.4, 0.5) is 0 Å². The smallest absolute Gasteiger partial charge is 0.220 e. The minimum absolute atomic E-state index is 0.0924. The van der Waals surface area contributed by atoms with E-state index in [4.69, 9.17) is 5.73 Å². The Hall–Kier alpha value is -0.870. The fourth-order valence-electron chi connectivity index (χ4n) is 2.18. The average molecular weight is 268 g/mol. The molecule has 4 heteroatoms. The van der Waals surface area contributed by atoms with Crippen molar-refractivity contribution in [2.45, 2.75) is 45.6 Å². The zero-order chi connectivity index (χ0) is 13.6.